The fourth-order valence-corrected chi connectivity index (χ4v) is 2.94. The monoisotopic (exact) mass is 318 g/mol. The van der Waals surface area contributed by atoms with Crippen molar-refractivity contribution in [3.8, 4) is 0 Å². The molecule has 3 aromatic rings. The van der Waals surface area contributed by atoms with Crippen LogP contribution in [0.4, 0.5) is 0 Å². The summed E-state index contributed by atoms with van der Waals surface area (Å²) in [6.07, 6.45) is 8.09. The standard InChI is InChI=1S/C20H14N4.Li.H/c1-2-14-10-16-5-6-18(23-16)12-20-8-7-19(24-20)11-17-4-3-15(22-17)9-13(1)21-14;;/h1-12,21,24H;;. The number of aromatic amines is 2. The second-order valence-electron chi connectivity index (χ2n) is 5.91. The molecule has 5 rings (SSSR count). The SMILES string of the molecule is C1=Cc2cc3ccc(cc4nc(cc5ccc(cc1n2)[nH]5)C=C4)[nH]3.[LiH]. The molecule has 8 bridgehead atoms. The number of aromatic nitrogens is 4. The Morgan fingerprint density at radius 2 is 0.760 bits per heavy atom. The van der Waals surface area contributed by atoms with Crippen molar-refractivity contribution in [3.63, 3.8) is 0 Å². The van der Waals surface area contributed by atoms with E-state index in [0.29, 0.717) is 0 Å². The van der Waals surface area contributed by atoms with Gasteiger partial charge < -0.3 is 9.97 Å². The number of fused-ring (bicyclic) bond motifs is 8. The molecule has 0 atom stereocenters. The van der Waals surface area contributed by atoms with E-state index >= 15 is 0 Å². The Morgan fingerprint density at radius 3 is 1.04 bits per heavy atom. The van der Waals surface area contributed by atoms with Gasteiger partial charge in [-0.1, -0.05) is 0 Å². The first-order valence-electron chi connectivity index (χ1n) is 7.85. The summed E-state index contributed by atoms with van der Waals surface area (Å²) in [6, 6.07) is 16.4. The summed E-state index contributed by atoms with van der Waals surface area (Å²) < 4.78 is 0. The molecule has 3 aromatic heterocycles. The Bertz CT molecular complexity index is 990. The van der Waals surface area contributed by atoms with Gasteiger partial charge in [-0.15, -0.1) is 0 Å². The van der Waals surface area contributed by atoms with Gasteiger partial charge in [-0.3, -0.25) is 0 Å². The molecular weight excluding hydrogens is 303 g/mol. The van der Waals surface area contributed by atoms with Gasteiger partial charge in [0.25, 0.3) is 0 Å². The maximum atomic E-state index is 4.63. The van der Waals surface area contributed by atoms with Crippen molar-refractivity contribution in [1.29, 1.82) is 0 Å². The molecule has 5 heterocycles. The van der Waals surface area contributed by atoms with Crippen molar-refractivity contribution in [1.82, 2.24) is 19.9 Å². The number of nitrogens with one attached hydrogen (secondary N) is 2. The summed E-state index contributed by atoms with van der Waals surface area (Å²) in [5.74, 6) is 0. The molecular formula is C20H15LiN4. The Labute approximate surface area is 156 Å². The van der Waals surface area contributed by atoms with E-state index in [-0.39, 0.29) is 18.9 Å². The molecule has 0 spiro atoms. The van der Waals surface area contributed by atoms with Crippen molar-refractivity contribution >= 4 is 65.2 Å². The molecule has 25 heavy (non-hydrogen) atoms. The third-order valence-corrected chi connectivity index (χ3v) is 4.04. The topological polar surface area (TPSA) is 57.4 Å². The molecule has 0 unspecified atom stereocenters. The summed E-state index contributed by atoms with van der Waals surface area (Å²) in [6.45, 7) is 0. The van der Waals surface area contributed by atoms with Gasteiger partial charge in [0.05, 0.1) is 22.8 Å². The van der Waals surface area contributed by atoms with Crippen LogP contribution in [0.25, 0.3) is 46.4 Å². The second kappa shape index (κ2) is 6.25. The van der Waals surface area contributed by atoms with Crippen LogP contribution >= 0.6 is 0 Å². The summed E-state index contributed by atoms with van der Waals surface area (Å²) in [7, 11) is 0. The summed E-state index contributed by atoms with van der Waals surface area (Å²) in [5.41, 5.74) is 7.86. The number of H-pyrrole nitrogens is 2. The van der Waals surface area contributed by atoms with Crippen molar-refractivity contribution in [2.75, 3.05) is 0 Å². The molecule has 116 valence electrons. The fourth-order valence-electron chi connectivity index (χ4n) is 2.94. The van der Waals surface area contributed by atoms with Crippen LogP contribution < -0.4 is 0 Å². The van der Waals surface area contributed by atoms with Crippen LogP contribution in [-0.4, -0.2) is 38.8 Å². The van der Waals surface area contributed by atoms with Gasteiger partial charge in [0.2, 0.25) is 0 Å². The Morgan fingerprint density at radius 1 is 0.480 bits per heavy atom. The number of hydrogen-bond acceptors (Lipinski definition) is 2. The fraction of sp³-hybridized carbons (Fsp3) is 0. The first kappa shape index (κ1) is 15.7. The summed E-state index contributed by atoms with van der Waals surface area (Å²) in [4.78, 5) is 16.0. The second-order valence-corrected chi connectivity index (χ2v) is 5.91. The Kier molecular flexibility index (Phi) is 3.93. The molecule has 2 N–H and O–H groups in total. The van der Waals surface area contributed by atoms with E-state index in [1.807, 2.05) is 48.6 Å². The third-order valence-electron chi connectivity index (χ3n) is 4.04. The minimum absolute atomic E-state index is 0. The maximum absolute atomic E-state index is 4.63. The van der Waals surface area contributed by atoms with Gasteiger partial charge in [-0.05, 0) is 72.8 Å². The van der Waals surface area contributed by atoms with Crippen LogP contribution in [0.5, 0.6) is 0 Å². The number of rotatable bonds is 0. The van der Waals surface area contributed by atoms with Gasteiger partial charge in [0.15, 0.2) is 0 Å². The van der Waals surface area contributed by atoms with Crippen LogP contribution in [0, 0.1) is 0 Å². The van der Waals surface area contributed by atoms with Crippen molar-refractivity contribution < 1.29 is 0 Å². The van der Waals surface area contributed by atoms with E-state index in [2.05, 4.69) is 44.2 Å². The molecule has 4 nitrogen and oxygen atoms in total. The van der Waals surface area contributed by atoms with Crippen LogP contribution in [0.2, 0.25) is 0 Å². The van der Waals surface area contributed by atoms with Crippen molar-refractivity contribution in [2.45, 2.75) is 0 Å². The van der Waals surface area contributed by atoms with Gasteiger partial charge in [0, 0.05) is 22.1 Å². The summed E-state index contributed by atoms with van der Waals surface area (Å²) in [5, 5.41) is 0. The van der Waals surface area contributed by atoms with E-state index in [1.54, 1.807) is 0 Å². The van der Waals surface area contributed by atoms with Crippen molar-refractivity contribution in [2.24, 2.45) is 0 Å². The van der Waals surface area contributed by atoms with Gasteiger partial charge in [-0.2, -0.15) is 0 Å². The van der Waals surface area contributed by atoms with E-state index < -0.39 is 0 Å². The van der Waals surface area contributed by atoms with E-state index in [0.717, 1.165) is 44.8 Å². The molecule has 0 aliphatic carbocycles. The molecule has 0 radical (unpaired) electrons. The predicted molar refractivity (Wildman–Crippen MR) is 106 cm³/mol. The van der Waals surface area contributed by atoms with E-state index in [4.69, 9.17) is 0 Å². The van der Waals surface area contributed by atoms with Crippen LogP contribution in [0.1, 0.15) is 22.8 Å². The Hall–Kier alpha value is -2.80. The first-order chi connectivity index (χ1) is 11.8. The van der Waals surface area contributed by atoms with Gasteiger partial charge in [0.1, 0.15) is 0 Å². The van der Waals surface area contributed by atoms with Crippen LogP contribution in [-0.2, 0) is 0 Å². The molecule has 2 aliphatic rings. The quantitative estimate of drug-likeness (QED) is 0.424. The number of hydrogen-bond donors (Lipinski definition) is 2. The molecule has 0 saturated carbocycles. The average Bonchev–Trinajstić information content (AvgIpc) is 3.32. The zero-order valence-corrected chi connectivity index (χ0v) is 12.8. The molecule has 0 fully saturated rings. The zero-order valence-electron chi connectivity index (χ0n) is 12.8. The minimum atomic E-state index is 0. The normalized spacial score (nSPS) is 12.2. The van der Waals surface area contributed by atoms with E-state index in [1.165, 1.54) is 0 Å². The molecule has 5 heteroatoms. The van der Waals surface area contributed by atoms with Gasteiger partial charge >= 0.3 is 18.9 Å². The van der Waals surface area contributed by atoms with Crippen molar-refractivity contribution in [3.05, 3.63) is 71.3 Å². The third kappa shape index (κ3) is 3.23. The average molecular weight is 318 g/mol. The zero-order chi connectivity index (χ0) is 15.9. The van der Waals surface area contributed by atoms with Crippen LogP contribution in [0.3, 0.4) is 0 Å². The molecule has 0 amide bonds. The molecule has 2 aliphatic heterocycles. The van der Waals surface area contributed by atoms with Gasteiger partial charge in [-0.25, -0.2) is 9.97 Å². The molecule has 0 saturated heterocycles. The summed E-state index contributed by atoms with van der Waals surface area (Å²) >= 11 is 0. The van der Waals surface area contributed by atoms with Crippen LogP contribution in [0.15, 0.2) is 48.5 Å². The number of nitrogens with zero attached hydrogens (tertiary/aromatic N) is 2. The predicted octanol–water partition coefficient (Wildman–Crippen LogP) is 4.01. The molecule has 0 aromatic carbocycles. The first-order valence-corrected chi connectivity index (χ1v) is 7.85. The Balaban J connectivity index is 0.00000157. The van der Waals surface area contributed by atoms with E-state index in [9.17, 15) is 0 Å².